The predicted molar refractivity (Wildman–Crippen MR) is 293 cm³/mol. The van der Waals surface area contributed by atoms with Crippen LogP contribution in [0.25, 0.3) is 32.3 Å². The summed E-state index contributed by atoms with van der Waals surface area (Å²) in [5.74, 6) is 0. The van der Waals surface area contributed by atoms with E-state index in [1.807, 2.05) is 0 Å². The summed E-state index contributed by atoms with van der Waals surface area (Å²) in [4.78, 5) is 4.78. The molecule has 10 nitrogen and oxygen atoms in total. The minimum absolute atomic E-state index is 0.142. The zero-order valence-corrected chi connectivity index (χ0v) is 42.5. The van der Waals surface area contributed by atoms with Gasteiger partial charge in [0, 0.05) is 59.9 Å². The Morgan fingerprint density at radius 2 is 0.581 bits per heavy atom. The Morgan fingerprint density at radius 1 is 0.311 bits per heavy atom. The maximum Gasteiger partial charge on any atom is 0.158 e. The van der Waals surface area contributed by atoms with E-state index in [4.69, 9.17) is 37.9 Å². The Morgan fingerprint density at radius 3 is 0.838 bits per heavy atom. The van der Waals surface area contributed by atoms with Crippen LogP contribution in [0.2, 0.25) is 0 Å². The Bertz CT molecular complexity index is 2710. The molecule has 4 aliphatic rings. The molecule has 0 N–H and O–H groups in total. The van der Waals surface area contributed by atoms with Crippen LogP contribution < -0.4 is 9.80 Å². The van der Waals surface area contributed by atoms with Crippen LogP contribution in [0.3, 0.4) is 0 Å². The highest BCUT2D eigenvalue weighted by Crippen LogP contribution is 2.48. The van der Waals surface area contributed by atoms with Gasteiger partial charge in [-0.1, -0.05) is 84.9 Å². The number of benzene rings is 8. The Balaban J connectivity index is 0.911. The maximum atomic E-state index is 6.22. The van der Waals surface area contributed by atoms with E-state index in [1.165, 1.54) is 32.3 Å². The fraction of sp³-hybridized carbons (Fsp3) is 0.375. The lowest BCUT2D eigenvalue weighted by atomic mass is 9.91. The van der Waals surface area contributed by atoms with E-state index in [0.717, 1.165) is 160 Å². The van der Waals surface area contributed by atoms with E-state index in [1.54, 1.807) is 0 Å². The fourth-order valence-electron chi connectivity index (χ4n) is 11.1. The molecule has 74 heavy (non-hydrogen) atoms. The van der Waals surface area contributed by atoms with Gasteiger partial charge in [-0.3, -0.25) is 0 Å². The third-order valence-electron chi connectivity index (χ3n) is 15.2. The molecule has 10 heteroatoms. The van der Waals surface area contributed by atoms with Crippen molar-refractivity contribution >= 4 is 66.4 Å². The monoisotopic (exact) mass is 992 g/mol. The Labute approximate surface area is 435 Å². The van der Waals surface area contributed by atoms with Gasteiger partial charge in [-0.15, -0.1) is 0 Å². The highest BCUT2D eigenvalue weighted by atomic mass is 16.7. The standard InChI is InChI=1S/C64H68N2O8/c1-5-37-67-59(9-1)71-41-45-13-25-51(26-14-45)65(52-27-15-46(16-28-52)42-72-60-10-2-6-38-68-60)57-35-23-49-22-34-56-58(36-24-50-21-33-55(57)63(49)64(50)56)66(53-29-17-47(18-30-53)43-73-61-11-3-7-39-69-61)54-31-19-48(20-32-54)44-74-62-12-4-8-40-70-62/h13-36,59-62H,1-12,37-44H2. The molecule has 0 aromatic heterocycles. The van der Waals surface area contributed by atoms with Crippen LogP contribution in [0.4, 0.5) is 34.1 Å². The quantitative estimate of drug-likeness (QED) is 0.0776. The van der Waals surface area contributed by atoms with Gasteiger partial charge in [0.2, 0.25) is 0 Å². The summed E-state index contributed by atoms with van der Waals surface area (Å²) in [5.41, 5.74) is 10.9. The third-order valence-corrected chi connectivity index (χ3v) is 15.2. The maximum absolute atomic E-state index is 6.22. The second-order valence-corrected chi connectivity index (χ2v) is 20.4. The first-order valence-electron chi connectivity index (χ1n) is 27.3. The molecule has 0 radical (unpaired) electrons. The van der Waals surface area contributed by atoms with Gasteiger partial charge < -0.3 is 47.7 Å². The normalized spacial score (nSPS) is 20.6. The van der Waals surface area contributed by atoms with Gasteiger partial charge in [0.25, 0.3) is 0 Å². The summed E-state index contributed by atoms with van der Waals surface area (Å²) in [6.07, 6.45) is 12.1. The molecule has 4 aliphatic heterocycles. The molecule has 12 rings (SSSR count). The van der Waals surface area contributed by atoms with Gasteiger partial charge in [-0.05, 0) is 182 Å². The zero-order valence-electron chi connectivity index (χ0n) is 42.5. The molecular weight excluding hydrogens is 925 g/mol. The van der Waals surface area contributed by atoms with Gasteiger partial charge in [0.1, 0.15) is 0 Å². The van der Waals surface area contributed by atoms with Crippen molar-refractivity contribution < 1.29 is 37.9 Å². The SMILES string of the molecule is c1cc(N(c2ccc(COC3CCCCO3)cc2)c2ccc3ccc4c(N(c5ccc(COC6CCCCO6)cc5)c5ccc(COC6CCCCO6)cc5)ccc5ccc2c3c54)ccc1COC1CCCCO1. The molecule has 0 saturated carbocycles. The van der Waals surface area contributed by atoms with Crippen molar-refractivity contribution in [2.24, 2.45) is 0 Å². The van der Waals surface area contributed by atoms with Crippen molar-refractivity contribution in [3.05, 3.63) is 168 Å². The molecule has 4 unspecified atom stereocenters. The lowest BCUT2D eigenvalue weighted by Crippen LogP contribution is -2.22. The van der Waals surface area contributed by atoms with Crippen molar-refractivity contribution in [1.82, 2.24) is 0 Å². The minimum atomic E-state index is -0.142. The largest absolute Gasteiger partial charge is 0.353 e. The summed E-state index contributed by atoms with van der Waals surface area (Å²) >= 11 is 0. The number of hydrogen-bond acceptors (Lipinski definition) is 10. The predicted octanol–water partition coefficient (Wildman–Crippen LogP) is 15.7. The Hall–Kier alpha value is -5.92. The van der Waals surface area contributed by atoms with E-state index in [-0.39, 0.29) is 25.2 Å². The van der Waals surface area contributed by atoms with E-state index < -0.39 is 0 Å². The lowest BCUT2D eigenvalue weighted by molar-refractivity contribution is -0.169. The lowest BCUT2D eigenvalue weighted by Gasteiger charge is -2.30. The molecular formula is C64H68N2O8. The van der Waals surface area contributed by atoms with Gasteiger partial charge in [0.05, 0.1) is 37.8 Å². The van der Waals surface area contributed by atoms with Crippen LogP contribution in [0.15, 0.2) is 146 Å². The highest BCUT2D eigenvalue weighted by Gasteiger charge is 2.24. The second-order valence-electron chi connectivity index (χ2n) is 20.4. The molecule has 0 spiro atoms. The summed E-state index contributed by atoms with van der Waals surface area (Å²) < 4.78 is 48.4. The summed E-state index contributed by atoms with van der Waals surface area (Å²) in [5, 5.41) is 7.19. The van der Waals surface area contributed by atoms with Gasteiger partial charge in [-0.2, -0.15) is 0 Å². The minimum Gasteiger partial charge on any atom is -0.353 e. The molecule has 382 valence electrons. The van der Waals surface area contributed by atoms with E-state index in [2.05, 4.69) is 155 Å². The Kier molecular flexibility index (Phi) is 15.4. The molecule has 0 bridgehead atoms. The van der Waals surface area contributed by atoms with E-state index in [9.17, 15) is 0 Å². The second kappa shape index (κ2) is 23.3. The van der Waals surface area contributed by atoms with Gasteiger partial charge >= 0.3 is 0 Å². The van der Waals surface area contributed by atoms with Crippen LogP contribution in [0, 0.1) is 0 Å². The highest BCUT2D eigenvalue weighted by molar-refractivity contribution is 6.28. The summed E-state index contributed by atoms with van der Waals surface area (Å²) in [6.45, 7) is 5.07. The number of rotatable bonds is 18. The van der Waals surface area contributed by atoms with Crippen molar-refractivity contribution in [1.29, 1.82) is 0 Å². The molecule has 4 heterocycles. The average Bonchev–Trinajstić information content (AvgIpc) is 3.52. The number of nitrogens with zero attached hydrogens (tertiary/aromatic N) is 2. The van der Waals surface area contributed by atoms with Crippen LogP contribution in [0.5, 0.6) is 0 Å². The van der Waals surface area contributed by atoms with Crippen molar-refractivity contribution in [3.8, 4) is 0 Å². The van der Waals surface area contributed by atoms with Crippen molar-refractivity contribution in [3.63, 3.8) is 0 Å². The molecule has 8 aromatic rings. The van der Waals surface area contributed by atoms with E-state index in [0.29, 0.717) is 26.4 Å². The summed E-state index contributed by atoms with van der Waals surface area (Å²) in [7, 11) is 0. The first-order chi connectivity index (χ1) is 36.7. The fourth-order valence-corrected chi connectivity index (χ4v) is 11.1. The molecule has 4 saturated heterocycles. The molecule has 4 fully saturated rings. The number of hydrogen-bond donors (Lipinski definition) is 0. The van der Waals surface area contributed by atoms with Crippen LogP contribution >= 0.6 is 0 Å². The van der Waals surface area contributed by atoms with Gasteiger partial charge in [-0.25, -0.2) is 0 Å². The van der Waals surface area contributed by atoms with Crippen LogP contribution in [0.1, 0.15) is 99.3 Å². The topological polar surface area (TPSA) is 80.3 Å². The first kappa shape index (κ1) is 49.0. The molecule has 8 aromatic carbocycles. The van der Waals surface area contributed by atoms with Gasteiger partial charge in [0.15, 0.2) is 25.2 Å². The molecule has 0 amide bonds. The van der Waals surface area contributed by atoms with Crippen LogP contribution in [-0.2, 0) is 64.3 Å². The summed E-state index contributed by atoms with van der Waals surface area (Å²) in [6, 6.07) is 53.5. The average molecular weight is 993 g/mol. The molecule has 4 atom stereocenters. The van der Waals surface area contributed by atoms with Crippen LogP contribution in [-0.4, -0.2) is 51.6 Å². The van der Waals surface area contributed by atoms with E-state index >= 15 is 0 Å². The van der Waals surface area contributed by atoms with Crippen molar-refractivity contribution in [2.75, 3.05) is 36.2 Å². The third kappa shape index (κ3) is 11.2. The first-order valence-corrected chi connectivity index (χ1v) is 27.3. The number of ether oxygens (including phenoxy) is 8. The smallest absolute Gasteiger partial charge is 0.158 e. The zero-order chi connectivity index (χ0) is 49.5. The van der Waals surface area contributed by atoms with Crippen molar-refractivity contribution in [2.45, 2.75) is 129 Å². The number of anilines is 6. The molecule has 0 aliphatic carbocycles.